The van der Waals surface area contributed by atoms with Crippen LogP contribution in [0, 0.1) is 10.2 Å². The Labute approximate surface area is 182 Å². The maximum Gasteiger partial charge on any atom is 0.214 e. The fourth-order valence-corrected chi connectivity index (χ4v) is 3.21. The van der Waals surface area contributed by atoms with Crippen molar-refractivity contribution in [3.05, 3.63) is 53.9 Å². The molecule has 1 aromatic heterocycles. The molecule has 0 aliphatic rings. The number of hydrogen-bond donors (Lipinski definition) is 1. The molecule has 1 heterocycles. The maximum atomic E-state index is 9.97. The van der Waals surface area contributed by atoms with Crippen molar-refractivity contribution in [2.45, 2.75) is 26.7 Å². The number of benzene rings is 2. The molecule has 168 valence electrons. The third-order valence-electron chi connectivity index (χ3n) is 4.43. The Kier molecular flexibility index (Phi) is 8.85. The number of aromatic hydroxyl groups is 1. The second-order valence-electron chi connectivity index (χ2n) is 6.77. The SMILES string of the molecule is CCC[N+](CCC)=c1cc(-c2ccc(OC)cc2)oc2ccc(O)cc12.[O-][Cl+3]([O-])([O-])[O-]. The predicted octanol–water partition coefficient (Wildman–Crippen LogP) is -0.350. The Morgan fingerprint density at radius 2 is 1.52 bits per heavy atom. The van der Waals surface area contributed by atoms with Crippen LogP contribution < -0.4 is 33.3 Å². The van der Waals surface area contributed by atoms with E-state index in [0.29, 0.717) is 0 Å². The van der Waals surface area contributed by atoms with Gasteiger partial charge in [0.25, 0.3) is 0 Å². The second-order valence-corrected chi connectivity index (χ2v) is 7.53. The number of phenolic OH excluding ortho intramolecular Hbond substituents is 1. The van der Waals surface area contributed by atoms with E-state index in [1.165, 1.54) is 0 Å². The molecule has 2 aromatic carbocycles. The molecule has 0 atom stereocenters. The summed E-state index contributed by atoms with van der Waals surface area (Å²) in [5.74, 6) is 1.87. The van der Waals surface area contributed by atoms with Gasteiger partial charge in [-0.3, -0.25) is 0 Å². The molecule has 0 amide bonds. The highest BCUT2D eigenvalue weighted by Crippen LogP contribution is 2.25. The van der Waals surface area contributed by atoms with Crippen LogP contribution in [0.15, 0.2) is 52.9 Å². The van der Waals surface area contributed by atoms with Gasteiger partial charge in [-0.1, -0.05) is 13.8 Å². The van der Waals surface area contributed by atoms with Crippen LogP contribution in [0.4, 0.5) is 0 Å². The van der Waals surface area contributed by atoms with Gasteiger partial charge in [-0.15, -0.1) is 10.2 Å². The maximum absolute atomic E-state index is 9.97. The molecule has 0 bridgehead atoms. The molecule has 0 saturated heterocycles. The van der Waals surface area contributed by atoms with Crippen LogP contribution in [0.3, 0.4) is 0 Å². The Morgan fingerprint density at radius 1 is 0.935 bits per heavy atom. The first-order valence-corrected chi connectivity index (χ1v) is 11.0. The van der Waals surface area contributed by atoms with Crippen molar-refractivity contribution >= 4 is 11.0 Å². The lowest BCUT2D eigenvalue weighted by Crippen LogP contribution is -2.68. The standard InChI is InChI=1S/C22H25NO3.ClHO4/c1-4-12-23(13-5-2)20-15-22(16-6-9-18(25-3)10-7-16)26-21-11-8-17(24)14-19(20)21;2-1(3,4)5/h6-11,14-15H,4-5,12-13H2,1-3H3;(H,2,3,4,5). The highest BCUT2D eigenvalue weighted by Gasteiger charge is 2.13. The van der Waals surface area contributed by atoms with Gasteiger partial charge in [0.05, 0.1) is 18.6 Å². The summed E-state index contributed by atoms with van der Waals surface area (Å²) in [4.78, 5) is 0. The first-order chi connectivity index (χ1) is 14.7. The number of fused-ring (bicyclic) bond motifs is 1. The zero-order valence-electron chi connectivity index (χ0n) is 17.7. The van der Waals surface area contributed by atoms with Crippen molar-refractivity contribution in [3.8, 4) is 22.8 Å². The fraction of sp³-hybridized carbons (Fsp3) is 0.318. The minimum Gasteiger partial charge on any atom is -0.508 e. The number of phenols is 1. The van der Waals surface area contributed by atoms with Crippen molar-refractivity contribution in [1.82, 2.24) is 4.58 Å². The van der Waals surface area contributed by atoms with Crippen LogP contribution in [0.2, 0.25) is 0 Å². The van der Waals surface area contributed by atoms with Gasteiger partial charge in [0.15, 0.2) is 0 Å². The zero-order valence-corrected chi connectivity index (χ0v) is 18.4. The second kappa shape index (κ2) is 11.1. The van der Waals surface area contributed by atoms with E-state index in [2.05, 4.69) is 24.5 Å². The fourth-order valence-electron chi connectivity index (χ4n) is 3.21. The average molecular weight is 452 g/mol. The molecule has 31 heavy (non-hydrogen) atoms. The van der Waals surface area contributed by atoms with Crippen LogP contribution in [-0.2, 0) is 0 Å². The van der Waals surface area contributed by atoms with E-state index in [1.54, 1.807) is 19.2 Å². The molecule has 0 saturated carbocycles. The first kappa shape index (κ1) is 24.6. The van der Waals surface area contributed by atoms with Gasteiger partial charge in [0.1, 0.15) is 35.9 Å². The number of nitrogens with zero attached hydrogens (tertiary/aromatic N) is 1. The predicted molar refractivity (Wildman–Crippen MR) is 105 cm³/mol. The van der Waals surface area contributed by atoms with Gasteiger partial charge in [0.2, 0.25) is 5.36 Å². The first-order valence-electron chi connectivity index (χ1n) is 9.77. The summed E-state index contributed by atoms with van der Waals surface area (Å²) in [6.07, 6.45) is 2.12. The lowest BCUT2D eigenvalue weighted by molar-refractivity contribution is -2.00. The normalized spacial score (nSPS) is 11.1. The quantitative estimate of drug-likeness (QED) is 0.505. The summed E-state index contributed by atoms with van der Waals surface area (Å²) in [5, 5.41) is 12.0. The van der Waals surface area contributed by atoms with E-state index in [4.69, 9.17) is 27.8 Å². The molecule has 8 nitrogen and oxygen atoms in total. The van der Waals surface area contributed by atoms with Gasteiger partial charge in [-0.2, -0.15) is 0 Å². The van der Waals surface area contributed by atoms with Crippen molar-refractivity contribution in [1.29, 1.82) is 0 Å². The summed E-state index contributed by atoms with van der Waals surface area (Å²) in [6, 6.07) is 15.2. The Balaban J connectivity index is 0.000000614. The van der Waals surface area contributed by atoms with Crippen LogP contribution >= 0.6 is 0 Å². The molecule has 0 aliphatic carbocycles. The highest BCUT2D eigenvalue weighted by molar-refractivity contribution is 5.80. The lowest BCUT2D eigenvalue weighted by Gasteiger charge is -2.17. The van der Waals surface area contributed by atoms with E-state index in [-0.39, 0.29) is 5.75 Å². The zero-order chi connectivity index (χ0) is 23.0. The van der Waals surface area contributed by atoms with Crippen molar-refractivity contribution in [2.75, 3.05) is 20.2 Å². The van der Waals surface area contributed by atoms with Crippen LogP contribution in [0.25, 0.3) is 22.3 Å². The van der Waals surface area contributed by atoms with E-state index in [9.17, 15) is 5.11 Å². The molecule has 0 radical (unpaired) electrons. The Bertz CT molecular complexity index is 1040. The van der Waals surface area contributed by atoms with Gasteiger partial charge >= 0.3 is 0 Å². The molecule has 0 spiro atoms. The third kappa shape index (κ3) is 7.54. The minimum atomic E-state index is -4.94. The Hall–Kier alpha value is -2.62. The number of rotatable bonds is 6. The van der Waals surface area contributed by atoms with Gasteiger partial charge < -0.3 is 14.3 Å². The monoisotopic (exact) mass is 451 g/mol. The summed E-state index contributed by atoms with van der Waals surface area (Å²) < 4.78 is 47.7. The van der Waals surface area contributed by atoms with E-state index < -0.39 is 10.2 Å². The number of ether oxygens (including phenoxy) is 1. The van der Waals surface area contributed by atoms with Crippen LogP contribution in [0.1, 0.15) is 26.7 Å². The average Bonchev–Trinajstić information content (AvgIpc) is 2.72. The molecule has 0 fully saturated rings. The summed E-state index contributed by atoms with van der Waals surface area (Å²) in [6.45, 7) is 6.29. The lowest BCUT2D eigenvalue weighted by atomic mass is 10.1. The largest absolute Gasteiger partial charge is 0.508 e. The van der Waals surface area contributed by atoms with Gasteiger partial charge in [0, 0.05) is 18.4 Å². The summed E-state index contributed by atoms with van der Waals surface area (Å²) in [7, 11) is -3.28. The van der Waals surface area contributed by atoms with E-state index >= 15 is 0 Å². The molecule has 3 rings (SSSR count). The number of halogens is 1. The van der Waals surface area contributed by atoms with Crippen molar-refractivity contribution in [3.63, 3.8) is 0 Å². The van der Waals surface area contributed by atoms with Crippen LogP contribution in [0.5, 0.6) is 11.5 Å². The molecule has 0 unspecified atom stereocenters. The molecule has 3 aromatic rings. The molecular formula is C22H26ClNO7. The number of hydrogen-bond acceptors (Lipinski definition) is 7. The number of methoxy groups -OCH3 is 1. The third-order valence-corrected chi connectivity index (χ3v) is 4.43. The topological polar surface area (TPSA) is 138 Å². The van der Waals surface area contributed by atoms with Crippen molar-refractivity contribution < 1.29 is 43.1 Å². The molecule has 0 aliphatic heterocycles. The summed E-state index contributed by atoms with van der Waals surface area (Å²) >= 11 is 0. The molecule has 1 N–H and O–H groups in total. The smallest absolute Gasteiger partial charge is 0.214 e. The van der Waals surface area contributed by atoms with Crippen molar-refractivity contribution in [2.24, 2.45) is 0 Å². The summed E-state index contributed by atoms with van der Waals surface area (Å²) in [5.41, 5.74) is 1.76. The molecular weight excluding hydrogens is 426 g/mol. The van der Waals surface area contributed by atoms with Gasteiger partial charge in [-0.05, 0) is 42.5 Å². The van der Waals surface area contributed by atoms with Crippen LogP contribution in [-0.4, -0.2) is 25.3 Å². The van der Waals surface area contributed by atoms with E-state index in [1.807, 2.05) is 30.3 Å². The van der Waals surface area contributed by atoms with E-state index in [0.717, 1.165) is 59.3 Å². The highest BCUT2D eigenvalue weighted by atomic mass is 35.7. The molecule has 9 heteroatoms. The minimum absolute atomic E-state index is 0.249. The Morgan fingerprint density at radius 3 is 2.03 bits per heavy atom. The van der Waals surface area contributed by atoms with Gasteiger partial charge in [-0.25, -0.2) is 23.2 Å².